The Morgan fingerprint density at radius 2 is 1.77 bits per heavy atom. The number of aryl methyl sites for hydroxylation is 1. The number of thiocarbonyl (C=S) groups is 1. The lowest BCUT2D eigenvalue weighted by atomic mass is 10.2. The molecule has 0 saturated carbocycles. The van der Waals surface area contributed by atoms with Gasteiger partial charge in [-0.2, -0.15) is 10.2 Å². The van der Waals surface area contributed by atoms with Crippen molar-refractivity contribution in [2.24, 2.45) is 0 Å². The molecule has 2 aromatic carbocycles. The topological polar surface area (TPSA) is 59.7 Å². The van der Waals surface area contributed by atoms with Crippen LogP contribution in [0.1, 0.15) is 22.5 Å². The monoisotopic (exact) mass is 450 g/mol. The number of nitrogens with zero attached hydrogens (tertiary/aromatic N) is 4. The fourth-order valence-corrected chi connectivity index (χ4v) is 3.83. The van der Waals surface area contributed by atoms with Crippen molar-refractivity contribution in [2.45, 2.75) is 26.9 Å². The summed E-state index contributed by atoms with van der Waals surface area (Å²) in [5.41, 5.74) is 5.89. The Labute approximate surface area is 191 Å². The molecule has 0 amide bonds. The van der Waals surface area contributed by atoms with Crippen LogP contribution in [0.3, 0.4) is 0 Å². The molecule has 0 radical (unpaired) electrons. The number of anilines is 2. The standard InChI is InChI=1S/C23H23ClN6S/c1-16-22(17(2)30(28-16)14-19-9-6-10-20(24)11-19)27-23(31)26-21-12-25-29(15-21)13-18-7-4-3-5-8-18/h3-12,15H,13-14H2,1-2H3,(H2,26,27,31). The molecule has 2 aromatic heterocycles. The van der Waals surface area contributed by atoms with Crippen LogP contribution in [-0.2, 0) is 13.1 Å². The van der Waals surface area contributed by atoms with Gasteiger partial charge in [0.2, 0.25) is 0 Å². The van der Waals surface area contributed by atoms with E-state index in [4.69, 9.17) is 23.8 Å². The Morgan fingerprint density at radius 3 is 2.55 bits per heavy atom. The lowest BCUT2D eigenvalue weighted by Crippen LogP contribution is -2.19. The molecule has 8 heteroatoms. The molecule has 4 aromatic rings. The fraction of sp³-hybridized carbons (Fsp3) is 0.174. The highest BCUT2D eigenvalue weighted by atomic mass is 35.5. The van der Waals surface area contributed by atoms with Crippen molar-refractivity contribution in [3.8, 4) is 0 Å². The van der Waals surface area contributed by atoms with Crippen molar-refractivity contribution >= 4 is 40.3 Å². The molecule has 0 aliphatic heterocycles. The number of nitrogens with one attached hydrogen (secondary N) is 2. The lowest BCUT2D eigenvalue weighted by molar-refractivity contribution is 0.659. The molecule has 2 heterocycles. The smallest absolute Gasteiger partial charge is 0.175 e. The predicted molar refractivity (Wildman–Crippen MR) is 130 cm³/mol. The molecule has 158 valence electrons. The molecular formula is C23H23ClN6S. The fourth-order valence-electron chi connectivity index (χ4n) is 3.40. The van der Waals surface area contributed by atoms with Crippen LogP contribution >= 0.6 is 23.8 Å². The summed E-state index contributed by atoms with van der Waals surface area (Å²) >= 11 is 11.6. The SMILES string of the molecule is Cc1nn(Cc2cccc(Cl)c2)c(C)c1NC(=S)Nc1cnn(Cc2ccccc2)c1. The molecule has 2 N–H and O–H groups in total. The van der Waals surface area contributed by atoms with Gasteiger partial charge in [-0.05, 0) is 49.3 Å². The summed E-state index contributed by atoms with van der Waals surface area (Å²) in [6.45, 7) is 5.33. The second kappa shape index (κ2) is 9.32. The zero-order valence-electron chi connectivity index (χ0n) is 17.3. The maximum Gasteiger partial charge on any atom is 0.175 e. The minimum absolute atomic E-state index is 0.493. The second-order valence-corrected chi connectivity index (χ2v) is 8.17. The van der Waals surface area contributed by atoms with E-state index in [1.54, 1.807) is 6.20 Å². The number of hydrogen-bond donors (Lipinski definition) is 2. The summed E-state index contributed by atoms with van der Waals surface area (Å²) in [5, 5.41) is 16.7. The Kier molecular flexibility index (Phi) is 6.34. The van der Waals surface area contributed by atoms with Crippen LogP contribution in [0.25, 0.3) is 0 Å². The van der Waals surface area contributed by atoms with Gasteiger partial charge in [-0.25, -0.2) is 0 Å². The van der Waals surface area contributed by atoms with E-state index < -0.39 is 0 Å². The highest BCUT2D eigenvalue weighted by Crippen LogP contribution is 2.22. The van der Waals surface area contributed by atoms with Gasteiger partial charge in [0, 0.05) is 11.2 Å². The third-order valence-electron chi connectivity index (χ3n) is 4.92. The normalized spacial score (nSPS) is 10.8. The first-order valence-electron chi connectivity index (χ1n) is 9.91. The van der Waals surface area contributed by atoms with E-state index in [-0.39, 0.29) is 0 Å². The van der Waals surface area contributed by atoms with Crippen molar-refractivity contribution in [3.63, 3.8) is 0 Å². The van der Waals surface area contributed by atoms with Crippen LogP contribution < -0.4 is 10.6 Å². The minimum atomic E-state index is 0.493. The Hall–Kier alpha value is -3.16. The molecule has 6 nitrogen and oxygen atoms in total. The molecule has 31 heavy (non-hydrogen) atoms. The van der Waals surface area contributed by atoms with Gasteiger partial charge in [-0.15, -0.1) is 0 Å². The van der Waals surface area contributed by atoms with E-state index in [1.807, 2.05) is 71.9 Å². The van der Waals surface area contributed by atoms with Gasteiger partial charge >= 0.3 is 0 Å². The van der Waals surface area contributed by atoms with Gasteiger partial charge in [0.25, 0.3) is 0 Å². The summed E-state index contributed by atoms with van der Waals surface area (Å²) < 4.78 is 3.82. The van der Waals surface area contributed by atoms with Crippen molar-refractivity contribution in [3.05, 3.63) is 94.5 Å². The number of hydrogen-bond acceptors (Lipinski definition) is 3. The maximum absolute atomic E-state index is 6.11. The van der Waals surface area contributed by atoms with Gasteiger partial charge < -0.3 is 10.6 Å². The van der Waals surface area contributed by atoms with Gasteiger partial charge in [0.15, 0.2) is 5.11 Å². The number of aromatic nitrogens is 4. The molecular weight excluding hydrogens is 428 g/mol. The molecule has 0 spiro atoms. The van der Waals surface area contributed by atoms with Gasteiger partial charge in [-0.1, -0.05) is 54.1 Å². The zero-order chi connectivity index (χ0) is 21.8. The van der Waals surface area contributed by atoms with Crippen molar-refractivity contribution in [2.75, 3.05) is 10.6 Å². The van der Waals surface area contributed by atoms with Crippen molar-refractivity contribution in [1.29, 1.82) is 0 Å². The Bertz CT molecular complexity index is 1200. The Balaban J connectivity index is 1.40. The minimum Gasteiger partial charge on any atom is -0.330 e. The third-order valence-corrected chi connectivity index (χ3v) is 5.36. The molecule has 0 fully saturated rings. The third kappa shape index (κ3) is 5.31. The first kappa shape index (κ1) is 21.1. The number of halogens is 1. The van der Waals surface area contributed by atoms with Gasteiger partial charge in [0.1, 0.15) is 0 Å². The average Bonchev–Trinajstić information content (AvgIpc) is 3.28. The molecule has 0 saturated heterocycles. The first-order chi connectivity index (χ1) is 15.0. The summed E-state index contributed by atoms with van der Waals surface area (Å²) in [4.78, 5) is 0. The molecule has 0 aliphatic carbocycles. The predicted octanol–water partition coefficient (Wildman–Crippen LogP) is 5.26. The number of benzene rings is 2. The summed E-state index contributed by atoms with van der Waals surface area (Å²) in [7, 11) is 0. The largest absolute Gasteiger partial charge is 0.330 e. The van der Waals surface area contributed by atoms with E-state index in [0.717, 1.165) is 33.3 Å². The van der Waals surface area contributed by atoms with Crippen molar-refractivity contribution in [1.82, 2.24) is 19.6 Å². The van der Waals surface area contributed by atoms with Crippen LogP contribution in [0.2, 0.25) is 5.02 Å². The highest BCUT2D eigenvalue weighted by molar-refractivity contribution is 7.80. The summed E-state index contributed by atoms with van der Waals surface area (Å²) in [6, 6.07) is 18.0. The summed E-state index contributed by atoms with van der Waals surface area (Å²) in [5.74, 6) is 0. The van der Waals surface area contributed by atoms with Crippen LogP contribution in [0.4, 0.5) is 11.4 Å². The highest BCUT2D eigenvalue weighted by Gasteiger charge is 2.13. The zero-order valence-corrected chi connectivity index (χ0v) is 18.9. The van der Waals surface area contributed by atoms with Crippen LogP contribution in [-0.4, -0.2) is 24.7 Å². The molecule has 0 atom stereocenters. The Morgan fingerprint density at radius 1 is 1.00 bits per heavy atom. The lowest BCUT2D eigenvalue weighted by Gasteiger charge is -2.10. The van der Waals surface area contributed by atoms with Crippen LogP contribution in [0.15, 0.2) is 67.0 Å². The van der Waals surface area contributed by atoms with Crippen LogP contribution in [0, 0.1) is 13.8 Å². The summed E-state index contributed by atoms with van der Waals surface area (Å²) in [6.07, 6.45) is 3.70. The van der Waals surface area contributed by atoms with E-state index >= 15 is 0 Å². The maximum atomic E-state index is 6.11. The van der Waals surface area contributed by atoms with Crippen LogP contribution in [0.5, 0.6) is 0 Å². The molecule has 0 bridgehead atoms. The van der Waals surface area contributed by atoms with E-state index in [1.165, 1.54) is 5.56 Å². The first-order valence-corrected chi connectivity index (χ1v) is 10.7. The van der Waals surface area contributed by atoms with E-state index in [2.05, 4.69) is 33.0 Å². The quantitative estimate of drug-likeness (QED) is 0.392. The average molecular weight is 451 g/mol. The van der Waals surface area contributed by atoms with Gasteiger partial charge in [-0.3, -0.25) is 9.36 Å². The molecule has 0 unspecified atom stereocenters. The van der Waals surface area contributed by atoms with Crippen molar-refractivity contribution < 1.29 is 0 Å². The van der Waals surface area contributed by atoms with Gasteiger partial charge in [0.05, 0.1) is 42.0 Å². The number of rotatable bonds is 6. The van der Waals surface area contributed by atoms with E-state index in [0.29, 0.717) is 18.2 Å². The molecule has 0 aliphatic rings. The molecule has 4 rings (SSSR count). The second-order valence-electron chi connectivity index (χ2n) is 7.32. The van der Waals surface area contributed by atoms with E-state index in [9.17, 15) is 0 Å².